The van der Waals surface area contributed by atoms with Crippen LogP contribution < -0.4 is 10.6 Å². The van der Waals surface area contributed by atoms with E-state index in [0.29, 0.717) is 10.7 Å². The molecule has 8 heteroatoms. The van der Waals surface area contributed by atoms with Crippen molar-refractivity contribution in [3.8, 4) is 0 Å². The summed E-state index contributed by atoms with van der Waals surface area (Å²) in [6, 6.07) is 5.89. The first kappa shape index (κ1) is 16.3. The third kappa shape index (κ3) is 3.37. The van der Waals surface area contributed by atoms with Crippen LogP contribution in [0.25, 0.3) is 0 Å². The first-order valence-corrected chi connectivity index (χ1v) is 6.92. The van der Waals surface area contributed by atoms with Gasteiger partial charge in [0.15, 0.2) is 0 Å². The largest absolute Gasteiger partial charge is 0.382 e. The lowest BCUT2D eigenvalue weighted by Gasteiger charge is -2.20. The lowest BCUT2D eigenvalue weighted by molar-refractivity contribution is -0.134. The van der Waals surface area contributed by atoms with Crippen LogP contribution in [0.1, 0.15) is 6.92 Å². The van der Waals surface area contributed by atoms with E-state index >= 15 is 0 Å². The Morgan fingerprint density at radius 3 is 2.59 bits per heavy atom. The first-order valence-electron chi connectivity index (χ1n) is 6.54. The van der Waals surface area contributed by atoms with Gasteiger partial charge in [0.2, 0.25) is 5.91 Å². The number of carbonyl (C=O) groups is 3. The smallest absolute Gasteiger partial charge is 0.325 e. The number of imide groups is 1. The molecule has 1 atom stereocenters. The zero-order chi connectivity index (χ0) is 16.3. The molecule has 0 saturated carbocycles. The molecule has 0 bridgehead atoms. The number of methoxy groups -OCH3 is 1. The molecule has 0 unspecified atom stereocenters. The van der Waals surface area contributed by atoms with Gasteiger partial charge in [-0.15, -0.1) is 0 Å². The molecular weight excluding hydrogens is 310 g/mol. The highest BCUT2D eigenvalue weighted by Gasteiger charge is 2.48. The van der Waals surface area contributed by atoms with Crippen LogP contribution in [0, 0.1) is 0 Å². The second-order valence-electron chi connectivity index (χ2n) is 5.14. The Hall–Kier alpha value is -2.12. The highest BCUT2D eigenvalue weighted by Crippen LogP contribution is 2.18. The molecule has 2 rings (SSSR count). The zero-order valence-electron chi connectivity index (χ0n) is 12.2. The maximum atomic E-state index is 12.2. The van der Waals surface area contributed by atoms with Gasteiger partial charge in [-0.2, -0.15) is 0 Å². The summed E-state index contributed by atoms with van der Waals surface area (Å²) in [4.78, 5) is 36.9. The van der Waals surface area contributed by atoms with Gasteiger partial charge >= 0.3 is 6.03 Å². The number of nitrogens with one attached hydrogen (secondary N) is 2. The second kappa shape index (κ2) is 6.33. The van der Waals surface area contributed by atoms with E-state index in [9.17, 15) is 14.4 Å². The number of carbonyl (C=O) groups excluding carboxylic acids is 3. The van der Waals surface area contributed by atoms with Crippen molar-refractivity contribution in [2.75, 3.05) is 25.6 Å². The highest BCUT2D eigenvalue weighted by molar-refractivity contribution is 6.30. The summed E-state index contributed by atoms with van der Waals surface area (Å²) in [5.41, 5.74) is -0.618. The second-order valence-corrected chi connectivity index (χ2v) is 5.58. The maximum Gasteiger partial charge on any atom is 0.325 e. The normalized spacial score (nSPS) is 21.0. The van der Waals surface area contributed by atoms with Crippen molar-refractivity contribution in [2.24, 2.45) is 0 Å². The molecule has 7 nitrogen and oxygen atoms in total. The predicted molar refractivity (Wildman–Crippen MR) is 80.6 cm³/mol. The van der Waals surface area contributed by atoms with E-state index < -0.39 is 23.4 Å². The van der Waals surface area contributed by atoms with Gasteiger partial charge in [-0.05, 0) is 31.2 Å². The van der Waals surface area contributed by atoms with Gasteiger partial charge in [-0.3, -0.25) is 14.5 Å². The molecule has 118 valence electrons. The summed E-state index contributed by atoms with van der Waals surface area (Å²) in [6.45, 7) is 1.22. The van der Waals surface area contributed by atoms with E-state index in [1.54, 1.807) is 31.2 Å². The number of hydrogen-bond acceptors (Lipinski definition) is 4. The molecule has 1 aliphatic heterocycles. The fourth-order valence-electron chi connectivity index (χ4n) is 2.15. The van der Waals surface area contributed by atoms with Crippen molar-refractivity contribution in [3.63, 3.8) is 0 Å². The number of hydrogen-bond donors (Lipinski definition) is 2. The van der Waals surface area contributed by atoms with E-state index in [1.165, 1.54) is 7.11 Å². The van der Waals surface area contributed by atoms with E-state index in [1.807, 2.05) is 0 Å². The van der Waals surface area contributed by atoms with Crippen molar-refractivity contribution in [3.05, 3.63) is 29.3 Å². The fourth-order valence-corrected chi connectivity index (χ4v) is 2.28. The molecule has 1 aliphatic rings. The van der Waals surface area contributed by atoms with Crippen molar-refractivity contribution < 1.29 is 19.1 Å². The summed E-state index contributed by atoms with van der Waals surface area (Å²) in [5, 5.41) is 5.66. The third-order valence-corrected chi connectivity index (χ3v) is 3.46. The SMILES string of the molecule is COC[C@@]1(C)NC(=O)N(CC(=O)Nc2ccc(Cl)cc2)C1=O. The molecule has 2 N–H and O–H groups in total. The first-order chi connectivity index (χ1) is 10.4. The summed E-state index contributed by atoms with van der Waals surface area (Å²) >= 11 is 5.75. The summed E-state index contributed by atoms with van der Waals surface area (Å²) in [6.07, 6.45) is 0. The number of ether oxygens (including phenoxy) is 1. The average Bonchev–Trinajstić information content (AvgIpc) is 2.65. The Bertz CT molecular complexity index is 605. The molecule has 0 radical (unpaired) electrons. The van der Waals surface area contributed by atoms with E-state index in [0.717, 1.165) is 4.90 Å². The van der Waals surface area contributed by atoms with Gasteiger partial charge in [0.05, 0.1) is 6.61 Å². The summed E-state index contributed by atoms with van der Waals surface area (Å²) in [5.74, 6) is -0.974. The van der Waals surface area contributed by atoms with Gasteiger partial charge in [0, 0.05) is 17.8 Å². The quantitative estimate of drug-likeness (QED) is 0.797. The molecule has 1 fully saturated rings. The monoisotopic (exact) mass is 325 g/mol. The van der Waals surface area contributed by atoms with Crippen LogP contribution in [0.4, 0.5) is 10.5 Å². The number of rotatable bonds is 5. The molecule has 22 heavy (non-hydrogen) atoms. The Balaban J connectivity index is 2.01. The summed E-state index contributed by atoms with van der Waals surface area (Å²) in [7, 11) is 1.43. The third-order valence-electron chi connectivity index (χ3n) is 3.21. The zero-order valence-corrected chi connectivity index (χ0v) is 12.9. The number of halogens is 1. The molecule has 0 aliphatic carbocycles. The number of anilines is 1. The van der Waals surface area contributed by atoms with Crippen LogP contribution in [0.5, 0.6) is 0 Å². The molecule has 1 aromatic carbocycles. The average molecular weight is 326 g/mol. The van der Waals surface area contributed by atoms with Gasteiger partial charge in [0.1, 0.15) is 12.1 Å². The van der Waals surface area contributed by atoms with Crippen molar-refractivity contribution >= 4 is 35.1 Å². The Morgan fingerprint density at radius 1 is 1.36 bits per heavy atom. The number of urea groups is 1. The fraction of sp³-hybridized carbons (Fsp3) is 0.357. The van der Waals surface area contributed by atoms with E-state index in [4.69, 9.17) is 16.3 Å². The number of amides is 4. The van der Waals surface area contributed by atoms with Crippen LogP contribution >= 0.6 is 11.6 Å². The number of benzene rings is 1. The minimum absolute atomic E-state index is 0.0346. The highest BCUT2D eigenvalue weighted by atomic mass is 35.5. The van der Waals surface area contributed by atoms with Gasteiger partial charge in [0.25, 0.3) is 5.91 Å². The summed E-state index contributed by atoms with van der Waals surface area (Å²) < 4.78 is 4.93. The lowest BCUT2D eigenvalue weighted by atomic mass is 10.0. The molecule has 1 saturated heterocycles. The van der Waals surface area contributed by atoms with Crippen molar-refractivity contribution in [2.45, 2.75) is 12.5 Å². The van der Waals surface area contributed by atoms with Crippen molar-refractivity contribution in [1.82, 2.24) is 10.2 Å². The molecule has 0 spiro atoms. The van der Waals surface area contributed by atoms with E-state index in [-0.39, 0.29) is 13.2 Å². The Labute approximate surface area is 132 Å². The van der Waals surface area contributed by atoms with Crippen LogP contribution in [0.2, 0.25) is 5.02 Å². The van der Waals surface area contributed by atoms with Crippen molar-refractivity contribution in [1.29, 1.82) is 0 Å². The van der Waals surface area contributed by atoms with Crippen LogP contribution in [-0.2, 0) is 14.3 Å². The van der Waals surface area contributed by atoms with Gasteiger partial charge in [-0.25, -0.2) is 4.79 Å². The predicted octanol–water partition coefficient (Wildman–Crippen LogP) is 1.24. The van der Waals surface area contributed by atoms with Crippen LogP contribution in [0.3, 0.4) is 0 Å². The van der Waals surface area contributed by atoms with Crippen LogP contribution in [-0.4, -0.2) is 48.5 Å². The minimum Gasteiger partial charge on any atom is -0.382 e. The Morgan fingerprint density at radius 2 is 2.00 bits per heavy atom. The molecular formula is C14H16ClN3O4. The molecule has 1 heterocycles. The Kier molecular flexibility index (Phi) is 4.68. The maximum absolute atomic E-state index is 12.2. The molecule has 4 amide bonds. The molecule has 0 aromatic heterocycles. The topological polar surface area (TPSA) is 87.7 Å². The van der Waals surface area contributed by atoms with E-state index in [2.05, 4.69) is 10.6 Å². The number of nitrogens with zero attached hydrogens (tertiary/aromatic N) is 1. The lowest BCUT2D eigenvalue weighted by Crippen LogP contribution is -2.48. The van der Waals surface area contributed by atoms with Crippen LogP contribution in [0.15, 0.2) is 24.3 Å². The van der Waals surface area contributed by atoms with Gasteiger partial charge in [-0.1, -0.05) is 11.6 Å². The standard InChI is InChI=1S/C14H16ClN3O4/c1-14(8-22-2)12(20)18(13(21)17-14)7-11(19)16-10-5-3-9(15)4-6-10/h3-6H,7-8H2,1-2H3,(H,16,19)(H,17,21)/t14-/m1/s1. The molecule has 1 aromatic rings. The van der Waals surface area contributed by atoms with Gasteiger partial charge < -0.3 is 15.4 Å². The minimum atomic E-state index is -1.15.